The van der Waals surface area contributed by atoms with Gasteiger partial charge in [-0.1, -0.05) is 48.5 Å². The highest BCUT2D eigenvalue weighted by Gasteiger charge is 2.37. The number of rotatable bonds is 3. The van der Waals surface area contributed by atoms with Crippen molar-refractivity contribution in [2.45, 2.75) is 12.3 Å². The zero-order valence-electron chi connectivity index (χ0n) is 14.9. The molecule has 4 heteroatoms. The Morgan fingerprint density at radius 3 is 2.41 bits per heavy atom. The summed E-state index contributed by atoms with van der Waals surface area (Å²) in [5, 5.41) is 12.0. The fourth-order valence-electron chi connectivity index (χ4n) is 4.04. The first-order chi connectivity index (χ1) is 13.2. The van der Waals surface area contributed by atoms with E-state index in [1.807, 2.05) is 42.6 Å². The Bertz CT molecular complexity index is 1130. The molecule has 1 aliphatic rings. The van der Waals surface area contributed by atoms with Gasteiger partial charge in [-0.25, -0.2) is 0 Å². The number of para-hydroxylation sites is 1. The van der Waals surface area contributed by atoms with Gasteiger partial charge in [0.05, 0.1) is 0 Å². The SMILES string of the molecule is C[C@](c1ccccc1)(c1cc2c(cc1O)OCO2)c1c[nH]c2ccccc12. The lowest BCUT2D eigenvalue weighted by Gasteiger charge is -2.32. The molecule has 0 unspecified atom stereocenters. The molecule has 2 N–H and O–H groups in total. The first-order valence-corrected chi connectivity index (χ1v) is 8.93. The van der Waals surface area contributed by atoms with Crippen LogP contribution in [0, 0.1) is 0 Å². The van der Waals surface area contributed by atoms with Gasteiger partial charge >= 0.3 is 0 Å². The molecule has 0 aliphatic carbocycles. The molecule has 2 heterocycles. The van der Waals surface area contributed by atoms with Gasteiger partial charge in [0, 0.05) is 34.1 Å². The van der Waals surface area contributed by atoms with Crippen molar-refractivity contribution in [1.29, 1.82) is 0 Å². The van der Waals surface area contributed by atoms with E-state index in [0.717, 1.165) is 27.6 Å². The molecule has 1 aliphatic heterocycles. The van der Waals surface area contributed by atoms with Crippen molar-refractivity contribution in [3.8, 4) is 17.2 Å². The van der Waals surface area contributed by atoms with E-state index in [2.05, 4.69) is 36.2 Å². The van der Waals surface area contributed by atoms with E-state index in [-0.39, 0.29) is 12.5 Å². The van der Waals surface area contributed by atoms with Gasteiger partial charge in [0.1, 0.15) is 5.75 Å². The van der Waals surface area contributed by atoms with Gasteiger partial charge in [0.15, 0.2) is 11.5 Å². The number of benzene rings is 3. The maximum Gasteiger partial charge on any atom is 0.231 e. The highest BCUT2D eigenvalue weighted by Crippen LogP contribution is 2.49. The lowest BCUT2D eigenvalue weighted by atomic mass is 9.70. The number of hydrogen-bond acceptors (Lipinski definition) is 3. The first kappa shape index (κ1) is 15.8. The van der Waals surface area contributed by atoms with Crippen molar-refractivity contribution >= 4 is 10.9 Å². The topological polar surface area (TPSA) is 54.5 Å². The van der Waals surface area contributed by atoms with Crippen LogP contribution < -0.4 is 9.47 Å². The fraction of sp³-hybridized carbons (Fsp3) is 0.130. The molecule has 134 valence electrons. The molecular formula is C23H19NO3. The second-order valence-corrected chi connectivity index (χ2v) is 6.96. The summed E-state index contributed by atoms with van der Waals surface area (Å²) in [5.41, 5.74) is 3.45. The van der Waals surface area contributed by atoms with E-state index >= 15 is 0 Å². The first-order valence-electron chi connectivity index (χ1n) is 8.93. The van der Waals surface area contributed by atoms with Gasteiger partial charge in [0.25, 0.3) is 0 Å². The Morgan fingerprint density at radius 2 is 1.59 bits per heavy atom. The molecule has 5 rings (SSSR count). The number of phenolic OH excluding ortho intramolecular Hbond substituents is 1. The molecule has 4 aromatic rings. The van der Waals surface area contributed by atoms with E-state index in [1.165, 1.54) is 0 Å². The summed E-state index contributed by atoms with van der Waals surface area (Å²) in [6.45, 7) is 2.31. The molecule has 0 saturated heterocycles. The van der Waals surface area contributed by atoms with Crippen LogP contribution in [0.3, 0.4) is 0 Å². The summed E-state index contributed by atoms with van der Waals surface area (Å²) < 4.78 is 11.0. The van der Waals surface area contributed by atoms with E-state index in [1.54, 1.807) is 6.07 Å². The zero-order valence-corrected chi connectivity index (χ0v) is 14.9. The Balaban J connectivity index is 1.83. The molecule has 0 fully saturated rings. The molecule has 0 amide bonds. The summed E-state index contributed by atoms with van der Waals surface area (Å²) >= 11 is 0. The van der Waals surface area contributed by atoms with Crippen LogP contribution in [0.15, 0.2) is 72.9 Å². The molecule has 0 radical (unpaired) electrons. The van der Waals surface area contributed by atoms with E-state index < -0.39 is 5.41 Å². The van der Waals surface area contributed by atoms with Gasteiger partial charge in [-0.3, -0.25) is 0 Å². The number of H-pyrrole nitrogens is 1. The van der Waals surface area contributed by atoms with Crippen molar-refractivity contribution < 1.29 is 14.6 Å². The fourth-order valence-corrected chi connectivity index (χ4v) is 4.04. The minimum atomic E-state index is -0.577. The number of aromatic amines is 1. The number of nitrogens with one attached hydrogen (secondary N) is 1. The van der Waals surface area contributed by atoms with Crippen molar-refractivity contribution in [2.75, 3.05) is 6.79 Å². The monoisotopic (exact) mass is 357 g/mol. The largest absolute Gasteiger partial charge is 0.507 e. The summed E-state index contributed by atoms with van der Waals surface area (Å²) in [6, 6.07) is 22.0. The summed E-state index contributed by atoms with van der Waals surface area (Å²) in [4.78, 5) is 3.37. The zero-order chi connectivity index (χ0) is 18.4. The van der Waals surface area contributed by atoms with Gasteiger partial charge in [-0.15, -0.1) is 0 Å². The number of aromatic hydroxyl groups is 1. The van der Waals surface area contributed by atoms with Crippen molar-refractivity contribution in [3.63, 3.8) is 0 Å². The molecule has 0 bridgehead atoms. The van der Waals surface area contributed by atoms with Crippen LogP contribution in [0.4, 0.5) is 0 Å². The van der Waals surface area contributed by atoms with Gasteiger partial charge in [-0.05, 0) is 30.2 Å². The Kier molecular flexibility index (Phi) is 3.41. The normalized spacial score (nSPS) is 15.0. The third-order valence-electron chi connectivity index (χ3n) is 5.51. The van der Waals surface area contributed by atoms with Gasteiger partial charge in [-0.2, -0.15) is 0 Å². The molecule has 27 heavy (non-hydrogen) atoms. The second kappa shape index (κ2) is 5.81. The minimum Gasteiger partial charge on any atom is -0.507 e. The van der Waals surface area contributed by atoms with E-state index in [0.29, 0.717) is 11.5 Å². The molecule has 0 saturated carbocycles. The predicted octanol–water partition coefficient (Wildman–Crippen LogP) is 4.96. The maximum absolute atomic E-state index is 10.9. The molecular weight excluding hydrogens is 338 g/mol. The Labute approximate surface area is 157 Å². The van der Waals surface area contributed by atoms with Crippen LogP contribution in [-0.4, -0.2) is 16.9 Å². The van der Waals surface area contributed by atoms with Crippen molar-refractivity contribution in [3.05, 3.63) is 89.6 Å². The molecule has 1 atom stereocenters. The number of ether oxygens (including phenoxy) is 2. The van der Waals surface area contributed by atoms with Crippen LogP contribution in [0.1, 0.15) is 23.6 Å². The Hall–Kier alpha value is -3.40. The summed E-state index contributed by atoms with van der Waals surface area (Å²) in [5.74, 6) is 1.42. The van der Waals surface area contributed by atoms with Crippen molar-refractivity contribution in [2.24, 2.45) is 0 Å². The van der Waals surface area contributed by atoms with Gasteiger partial charge in [0.2, 0.25) is 6.79 Å². The smallest absolute Gasteiger partial charge is 0.231 e. The maximum atomic E-state index is 10.9. The summed E-state index contributed by atoms with van der Waals surface area (Å²) in [6.07, 6.45) is 2.03. The molecule has 3 aromatic carbocycles. The number of phenols is 1. The van der Waals surface area contributed by atoms with Crippen molar-refractivity contribution in [1.82, 2.24) is 4.98 Å². The van der Waals surface area contributed by atoms with Crippen LogP contribution in [0.5, 0.6) is 17.2 Å². The highest BCUT2D eigenvalue weighted by atomic mass is 16.7. The number of hydrogen-bond donors (Lipinski definition) is 2. The van der Waals surface area contributed by atoms with Gasteiger partial charge < -0.3 is 19.6 Å². The third kappa shape index (κ3) is 2.30. The second-order valence-electron chi connectivity index (χ2n) is 6.96. The van der Waals surface area contributed by atoms with Crippen LogP contribution in [-0.2, 0) is 5.41 Å². The Morgan fingerprint density at radius 1 is 0.889 bits per heavy atom. The quantitative estimate of drug-likeness (QED) is 0.545. The molecule has 0 spiro atoms. The predicted molar refractivity (Wildman–Crippen MR) is 105 cm³/mol. The van der Waals surface area contributed by atoms with E-state index in [9.17, 15) is 5.11 Å². The average Bonchev–Trinajstić information content (AvgIpc) is 3.34. The lowest BCUT2D eigenvalue weighted by Crippen LogP contribution is -2.25. The number of aromatic nitrogens is 1. The molecule has 1 aromatic heterocycles. The minimum absolute atomic E-state index is 0.174. The van der Waals surface area contributed by atoms with Crippen LogP contribution in [0.25, 0.3) is 10.9 Å². The molecule has 4 nitrogen and oxygen atoms in total. The van der Waals surface area contributed by atoms with E-state index in [4.69, 9.17) is 9.47 Å². The highest BCUT2D eigenvalue weighted by molar-refractivity contribution is 5.86. The average molecular weight is 357 g/mol. The lowest BCUT2D eigenvalue weighted by molar-refractivity contribution is 0.174. The number of fused-ring (bicyclic) bond motifs is 2. The van der Waals surface area contributed by atoms with Crippen LogP contribution in [0.2, 0.25) is 0 Å². The summed E-state index contributed by atoms with van der Waals surface area (Å²) in [7, 11) is 0. The third-order valence-corrected chi connectivity index (χ3v) is 5.51. The van der Waals surface area contributed by atoms with Crippen LogP contribution >= 0.6 is 0 Å². The standard InChI is InChI=1S/C23H19NO3/c1-23(15-7-3-2-4-8-15,18-13-24-19-10-6-5-9-16(18)19)17-11-21-22(12-20(17)25)27-14-26-21/h2-13,24-25H,14H2,1H3/t23-/m0/s1.